The largest absolute Gasteiger partial charge is 0.483 e. The highest BCUT2D eigenvalue weighted by Crippen LogP contribution is 2.31. The molecule has 5 rings (SSSR count). The number of nitrogens with one attached hydrogen (secondary N) is 1. The molecule has 0 saturated heterocycles. The second-order valence-electron chi connectivity index (χ2n) is 11.8. The van der Waals surface area contributed by atoms with Crippen molar-refractivity contribution >= 4 is 48.5 Å². The van der Waals surface area contributed by atoms with Crippen molar-refractivity contribution in [3.05, 3.63) is 114 Å². The number of nitrogens with zero attached hydrogens (tertiary/aromatic N) is 4. The van der Waals surface area contributed by atoms with E-state index in [0.29, 0.717) is 26.8 Å². The molecule has 256 valence electrons. The first-order valence-electron chi connectivity index (χ1n) is 15.7. The van der Waals surface area contributed by atoms with Gasteiger partial charge >= 0.3 is 0 Å². The van der Waals surface area contributed by atoms with E-state index in [-0.39, 0.29) is 36.9 Å². The van der Waals surface area contributed by atoms with Crippen LogP contribution in [0.2, 0.25) is 0 Å². The molecule has 0 radical (unpaired) electrons. The molecule has 49 heavy (non-hydrogen) atoms. The van der Waals surface area contributed by atoms with Gasteiger partial charge in [0.25, 0.3) is 5.91 Å². The van der Waals surface area contributed by atoms with Crippen molar-refractivity contribution in [2.24, 2.45) is 0 Å². The van der Waals surface area contributed by atoms with Gasteiger partial charge in [0.1, 0.15) is 5.75 Å². The fourth-order valence-corrected chi connectivity index (χ4v) is 7.84. The van der Waals surface area contributed by atoms with Gasteiger partial charge in [0.2, 0.25) is 15.9 Å². The maximum atomic E-state index is 14.3. The Kier molecular flexibility index (Phi) is 11.4. The number of aliphatic hydroxyl groups excluding tert-OH is 1. The lowest BCUT2D eigenvalue weighted by atomic mass is 10.0. The van der Waals surface area contributed by atoms with Gasteiger partial charge in [-0.3, -0.25) is 19.5 Å². The van der Waals surface area contributed by atoms with Crippen molar-refractivity contribution in [1.29, 1.82) is 0 Å². The van der Waals surface area contributed by atoms with Gasteiger partial charge in [-0.2, -0.15) is 4.31 Å². The molecule has 0 fully saturated rings. The van der Waals surface area contributed by atoms with E-state index in [0.717, 1.165) is 16.7 Å². The lowest BCUT2D eigenvalue weighted by Gasteiger charge is -2.30. The average Bonchev–Trinajstić information content (AvgIpc) is 3.51. The van der Waals surface area contributed by atoms with Crippen molar-refractivity contribution in [2.45, 2.75) is 50.8 Å². The van der Waals surface area contributed by atoms with E-state index in [1.165, 1.54) is 39.6 Å². The topological polar surface area (TPSA) is 142 Å². The lowest BCUT2D eigenvalue weighted by molar-refractivity contribution is -0.124. The molecule has 2 heterocycles. The number of pyridine rings is 1. The van der Waals surface area contributed by atoms with Crippen LogP contribution < -0.4 is 15.0 Å². The smallest absolute Gasteiger partial charge is 0.258 e. The van der Waals surface area contributed by atoms with Crippen molar-refractivity contribution in [2.75, 3.05) is 25.1 Å². The summed E-state index contributed by atoms with van der Waals surface area (Å²) in [6.45, 7) is 4.47. The maximum absolute atomic E-state index is 14.3. The van der Waals surface area contributed by atoms with Crippen LogP contribution >= 0.6 is 11.3 Å². The molecule has 5 aromatic rings. The Morgan fingerprint density at radius 1 is 0.980 bits per heavy atom. The Morgan fingerprint density at radius 3 is 2.37 bits per heavy atom. The van der Waals surface area contributed by atoms with Crippen molar-refractivity contribution < 1.29 is 27.9 Å². The number of aryl methyl sites for hydroxylation is 2. The van der Waals surface area contributed by atoms with Gasteiger partial charge in [-0.1, -0.05) is 65.9 Å². The van der Waals surface area contributed by atoms with E-state index in [9.17, 15) is 23.1 Å². The number of anilines is 1. The predicted molar refractivity (Wildman–Crippen MR) is 190 cm³/mol. The van der Waals surface area contributed by atoms with Gasteiger partial charge in [0.05, 0.1) is 39.5 Å². The summed E-state index contributed by atoms with van der Waals surface area (Å²) in [5, 5.41) is 15.0. The Balaban J connectivity index is 1.42. The van der Waals surface area contributed by atoms with Gasteiger partial charge in [-0.05, 0) is 67.3 Å². The zero-order valence-corrected chi connectivity index (χ0v) is 29.4. The van der Waals surface area contributed by atoms with E-state index < -0.39 is 28.1 Å². The van der Waals surface area contributed by atoms with Crippen LogP contribution in [0.5, 0.6) is 5.75 Å². The van der Waals surface area contributed by atoms with Crippen LogP contribution in [0.15, 0.2) is 96.0 Å². The van der Waals surface area contributed by atoms with Gasteiger partial charge in [0, 0.05) is 26.7 Å². The normalized spacial score (nSPS) is 12.9. The van der Waals surface area contributed by atoms with Crippen LogP contribution in [0.3, 0.4) is 0 Å². The first-order chi connectivity index (χ1) is 23.4. The zero-order chi connectivity index (χ0) is 35.1. The van der Waals surface area contributed by atoms with E-state index in [2.05, 4.69) is 15.3 Å². The standard InChI is InChI=1S/C36H39N5O6S2/c1-24-11-10-12-25(2)35(24)47-23-34(44)38-31(19-27-13-6-5-7-14-27)32(43)22-41(21-28-15-8-9-18-37-28)49(45,46)29-16-17-30-33(20-29)48-36(39-30)40(4)26(3)42/h5-18,20,31-32,43H,19,21-23H2,1-4H3,(H,38,44)/t31-,32+/m0/s1. The van der Waals surface area contributed by atoms with E-state index >= 15 is 0 Å². The highest BCUT2D eigenvalue weighted by atomic mass is 32.2. The number of aromatic nitrogens is 2. The molecular weight excluding hydrogens is 663 g/mol. The third-order valence-electron chi connectivity index (χ3n) is 8.07. The number of para-hydroxylation sites is 1. The van der Waals surface area contributed by atoms with E-state index in [1.807, 2.05) is 62.4 Å². The first kappa shape index (κ1) is 35.6. The lowest BCUT2D eigenvalue weighted by Crippen LogP contribution is -2.51. The van der Waals surface area contributed by atoms with Crippen LogP contribution in [0.25, 0.3) is 10.2 Å². The zero-order valence-electron chi connectivity index (χ0n) is 27.7. The molecule has 11 nitrogen and oxygen atoms in total. The quantitative estimate of drug-likeness (QED) is 0.171. The molecular formula is C36H39N5O6S2. The molecule has 2 atom stereocenters. The highest BCUT2D eigenvalue weighted by Gasteiger charge is 2.32. The fourth-order valence-electron chi connectivity index (χ4n) is 5.30. The number of thiazole rings is 1. The maximum Gasteiger partial charge on any atom is 0.258 e. The molecule has 0 aliphatic rings. The van der Waals surface area contributed by atoms with Crippen molar-refractivity contribution in [3.8, 4) is 5.75 Å². The van der Waals surface area contributed by atoms with Crippen LogP contribution in [0.4, 0.5) is 5.13 Å². The minimum Gasteiger partial charge on any atom is -0.483 e. The third-order valence-corrected chi connectivity index (χ3v) is 11.0. The SMILES string of the molecule is CC(=O)N(C)c1nc2ccc(S(=O)(=O)N(Cc3ccccn3)C[C@@H](O)[C@H](Cc3ccccc3)NC(=O)COc3c(C)cccc3C)cc2s1. The summed E-state index contributed by atoms with van der Waals surface area (Å²) >= 11 is 1.20. The highest BCUT2D eigenvalue weighted by molar-refractivity contribution is 7.89. The number of sulfonamides is 1. The molecule has 13 heteroatoms. The second kappa shape index (κ2) is 15.7. The summed E-state index contributed by atoms with van der Waals surface area (Å²) in [5.74, 6) is -0.0383. The van der Waals surface area contributed by atoms with Gasteiger partial charge in [-0.25, -0.2) is 13.4 Å². The predicted octanol–water partition coefficient (Wildman–Crippen LogP) is 4.65. The number of rotatable bonds is 14. The van der Waals surface area contributed by atoms with E-state index in [4.69, 9.17) is 4.74 Å². The second-order valence-corrected chi connectivity index (χ2v) is 14.7. The minimum atomic E-state index is -4.21. The Morgan fingerprint density at radius 2 is 1.69 bits per heavy atom. The summed E-state index contributed by atoms with van der Waals surface area (Å²) in [6.07, 6.45) is 0.501. The summed E-state index contributed by atoms with van der Waals surface area (Å²) in [4.78, 5) is 35.3. The van der Waals surface area contributed by atoms with Crippen LogP contribution in [0.1, 0.15) is 29.3 Å². The van der Waals surface area contributed by atoms with Crippen LogP contribution in [-0.2, 0) is 32.6 Å². The van der Waals surface area contributed by atoms with E-state index in [1.54, 1.807) is 37.5 Å². The number of fused-ring (bicyclic) bond motifs is 1. The molecule has 0 aliphatic carbocycles. The Labute approximate surface area is 290 Å². The molecule has 0 unspecified atom stereocenters. The molecule has 2 aromatic heterocycles. The van der Waals surface area contributed by atoms with Crippen molar-refractivity contribution in [3.63, 3.8) is 0 Å². The van der Waals surface area contributed by atoms with Crippen LogP contribution in [-0.4, -0.2) is 72.0 Å². The molecule has 0 aliphatic heterocycles. The van der Waals surface area contributed by atoms with Gasteiger partial charge in [0.15, 0.2) is 11.7 Å². The molecule has 0 saturated carbocycles. The number of benzene rings is 3. The number of carbonyl (C=O) groups excluding carboxylic acids is 2. The number of hydrogen-bond acceptors (Lipinski definition) is 9. The summed E-state index contributed by atoms with van der Waals surface area (Å²) in [5.41, 5.74) is 3.67. The number of amides is 2. The number of carbonyl (C=O) groups is 2. The molecule has 3 aromatic carbocycles. The molecule has 2 amide bonds. The third kappa shape index (κ3) is 8.86. The minimum absolute atomic E-state index is 0.00513. The Bertz CT molecular complexity index is 2000. The molecule has 2 N–H and O–H groups in total. The number of ether oxygens (including phenoxy) is 1. The van der Waals surface area contributed by atoms with Gasteiger partial charge in [-0.15, -0.1) is 0 Å². The Hall–Kier alpha value is -4.69. The first-order valence-corrected chi connectivity index (χ1v) is 17.9. The van der Waals surface area contributed by atoms with Crippen LogP contribution in [0, 0.1) is 13.8 Å². The summed E-state index contributed by atoms with van der Waals surface area (Å²) in [7, 11) is -2.60. The number of hydrogen-bond donors (Lipinski definition) is 2. The average molecular weight is 702 g/mol. The van der Waals surface area contributed by atoms with Crippen molar-refractivity contribution in [1.82, 2.24) is 19.6 Å². The fraction of sp³-hybridized carbons (Fsp3) is 0.278. The summed E-state index contributed by atoms with van der Waals surface area (Å²) < 4.78 is 36.2. The monoisotopic (exact) mass is 701 g/mol. The molecule has 0 spiro atoms. The molecule has 0 bridgehead atoms. The number of aliphatic hydroxyl groups is 1. The summed E-state index contributed by atoms with van der Waals surface area (Å²) in [6, 6.07) is 24.0. The van der Waals surface area contributed by atoms with Gasteiger partial charge < -0.3 is 15.2 Å².